The van der Waals surface area contributed by atoms with Crippen molar-refractivity contribution >= 4 is 27.3 Å². The number of nitrogens with one attached hydrogen (secondary N) is 1. The number of amides is 1. The first kappa shape index (κ1) is 21.9. The van der Waals surface area contributed by atoms with Crippen LogP contribution in [-0.2, 0) is 14.8 Å². The first-order chi connectivity index (χ1) is 15.1. The smallest absolute Gasteiger partial charge is 0.267 e. The quantitative estimate of drug-likeness (QED) is 0.634. The number of nitrogens with zero attached hydrogens (tertiary/aromatic N) is 1. The van der Waals surface area contributed by atoms with Gasteiger partial charge in [0, 0.05) is 5.69 Å². The van der Waals surface area contributed by atoms with E-state index in [0.717, 1.165) is 22.3 Å². The minimum absolute atomic E-state index is 0.122. The molecular weight excluding hydrogens is 424 g/mol. The van der Waals surface area contributed by atoms with E-state index < -0.39 is 22.0 Å². The Bertz CT molecular complexity index is 1280. The molecule has 4 rings (SSSR count). The highest BCUT2D eigenvalue weighted by Gasteiger charge is 2.37. The molecule has 0 unspecified atom stereocenters. The summed E-state index contributed by atoms with van der Waals surface area (Å²) in [6.07, 6.45) is -0.996. The summed E-state index contributed by atoms with van der Waals surface area (Å²) in [7, 11) is -3.89. The number of benzene rings is 3. The third kappa shape index (κ3) is 4.21. The number of carbonyl (C=O) groups is 1. The highest BCUT2D eigenvalue weighted by atomic mass is 32.2. The van der Waals surface area contributed by atoms with Crippen molar-refractivity contribution in [1.29, 1.82) is 0 Å². The molecule has 0 saturated heterocycles. The predicted octanol–water partition coefficient (Wildman–Crippen LogP) is 4.52. The van der Waals surface area contributed by atoms with Gasteiger partial charge in [0.05, 0.1) is 17.1 Å². The molecule has 166 valence electrons. The van der Waals surface area contributed by atoms with Gasteiger partial charge in [-0.05, 0) is 74.7 Å². The van der Waals surface area contributed by atoms with Gasteiger partial charge in [-0.25, -0.2) is 8.42 Å². The first-order valence-electron chi connectivity index (χ1n) is 10.4. The second kappa shape index (κ2) is 8.31. The zero-order valence-corrected chi connectivity index (χ0v) is 19.4. The number of ether oxygens (including phenoxy) is 1. The first-order valence-corrected chi connectivity index (χ1v) is 11.8. The molecule has 0 radical (unpaired) electrons. The normalized spacial score (nSPS) is 15.6. The Morgan fingerprint density at radius 2 is 1.53 bits per heavy atom. The molecular formula is C25H26N2O4S. The lowest BCUT2D eigenvalue weighted by Gasteiger charge is -2.35. The van der Waals surface area contributed by atoms with Crippen molar-refractivity contribution in [3.8, 4) is 5.75 Å². The molecule has 1 atom stereocenters. The van der Waals surface area contributed by atoms with Gasteiger partial charge in [-0.1, -0.05) is 35.9 Å². The SMILES string of the molecule is Cc1ccc(S(=O)(=O)N2C[C@@H](C(=O)Nc3cc(C)ccc3C)Oc3cc(C)ccc32)cc1. The van der Waals surface area contributed by atoms with E-state index in [1.54, 1.807) is 36.4 Å². The number of hydrogen-bond donors (Lipinski definition) is 1. The minimum atomic E-state index is -3.89. The Morgan fingerprint density at radius 1 is 0.906 bits per heavy atom. The molecule has 1 N–H and O–H groups in total. The van der Waals surface area contributed by atoms with Crippen LogP contribution in [0.25, 0.3) is 0 Å². The van der Waals surface area contributed by atoms with Crippen molar-refractivity contribution in [2.75, 3.05) is 16.2 Å². The van der Waals surface area contributed by atoms with Crippen LogP contribution >= 0.6 is 0 Å². The number of rotatable bonds is 4. The van der Waals surface area contributed by atoms with E-state index in [1.165, 1.54) is 4.31 Å². The van der Waals surface area contributed by atoms with E-state index in [4.69, 9.17) is 4.74 Å². The van der Waals surface area contributed by atoms with Crippen molar-refractivity contribution in [2.45, 2.75) is 38.7 Å². The number of sulfonamides is 1. The van der Waals surface area contributed by atoms with Gasteiger partial charge in [0.15, 0.2) is 6.10 Å². The van der Waals surface area contributed by atoms with Gasteiger partial charge < -0.3 is 10.1 Å². The van der Waals surface area contributed by atoms with Crippen molar-refractivity contribution in [3.05, 3.63) is 82.9 Å². The highest BCUT2D eigenvalue weighted by Crippen LogP contribution is 2.38. The van der Waals surface area contributed by atoms with Gasteiger partial charge in [-0.15, -0.1) is 0 Å². The summed E-state index contributed by atoms with van der Waals surface area (Å²) >= 11 is 0. The largest absolute Gasteiger partial charge is 0.476 e. The molecule has 0 spiro atoms. The topological polar surface area (TPSA) is 75.7 Å². The summed E-state index contributed by atoms with van der Waals surface area (Å²) in [4.78, 5) is 13.3. The molecule has 7 heteroatoms. The maximum atomic E-state index is 13.5. The molecule has 32 heavy (non-hydrogen) atoms. The van der Waals surface area contributed by atoms with Gasteiger partial charge in [-0.2, -0.15) is 0 Å². The van der Waals surface area contributed by atoms with E-state index in [1.807, 2.05) is 52.0 Å². The lowest BCUT2D eigenvalue weighted by atomic mass is 10.1. The zero-order chi connectivity index (χ0) is 23.0. The van der Waals surface area contributed by atoms with Gasteiger partial charge in [0.1, 0.15) is 5.75 Å². The van der Waals surface area contributed by atoms with Gasteiger partial charge in [-0.3, -0.25) is 9.10 Å². The zero-order valence-electron chi connectivity index (χ0n) is 18.5. The van der Waals surface area contributed by atoms with Crippen LogP contribution in [0.3, 0.4) is 0 Å². The second-order valence-corrected chi connectivity index (χ2v) is 10.1. The molecule has 1 amide bonds. The van der Waals surface area contributed by atoms with E-state index in [9.17, 15) is 13.2 Å². The molecule has 0 aliphatic carbocycles. The Balaban J connectivity index is 1.70. The van der Waals surface area contributed by atoms with Crippen LogP contribution in [0.4, 0.5) is 11.4 Å². The summed E-state index contributed by atoms with van der Waals surface area (Å²) in [5, 5.41) is 2.90. The third-order valence-electron chi connectivity index (χ3n) is 5.54. The van der Waals surface area contributed by atoms with Gasteiger partial charge in [0.2, 0.25) is 0 Å². The average Bonchev–Trinajstić information content (AvgIpc) is 2.75. The van der Waals surface area contributed by atoms with Crippen LogP contribution in [0.15, 0.2) is 65.6 Å². The monoisotopic (exact) mass is 450 g/mol. The lowest BCUT2D eigenvalue weighted by Crippen LogP contribution is -2.48. The number of aryl methyl sites for hydroxylation is 4. The molecule has 1 aliphatic heterocycles. The highest BCUT2D eigenvalue weighted by molar-refractivity contribution is 7.92. The van der Waals surface area contributed by atoms with Gasteiger partial charge >= 0.3 is 0 Å². The Hall–Kier alpha value is -3.32. The van der Waals surface area contributed by atoms with Crippen LogP contribution in [0.5, 0.6) is 5.75 Å². The van der Waals surface area contributed by atoms with Crippen LogP contribution in [0.1, 0.15) is 22.3 Å². The fourth-order valence-corrected chi connectivity index (χ4v) is 5.12. The summed E-state index contributed by atoms with van der Waals surface area (Å²) in [6.45, 7) is 7.52. The fourth-order valence-electron chi connectivity index (χ4n) is 3.65. The molecule has 0 bridgehead atoms. The van der Waals surface area contributed by atoms with Crippen molar-refractivity contribution in [1.82, 2.24) is 0 Å². The van der Waals surface area contributed by atoms with Crippen LogP contribution in [0, 0.1) is 27.7 Å². The van der Waals surface area contributed by atoms with E-state index in [2.05, 4.69) is 5.32 Å². The molecule has 1 aliphatic rings. The maximum absolute atomic E-state index is 13.5. The summed E-state index contributed by atoms with van der Waals surface area (Å²) in [6, 6.07) is 17.8. The number of carbonyl (C=O) groups excluding carboxylic acids is 1. The molecule has 0 saturated carbocycles. The minimum Gasteiger partial charge on any atom is -0.476 e. The molecule has 3 aromatic carbocycles. The van der Waals surface area contributed by atoms with Gasteiger partial charge in [0.25, 0.3) is 15.9 Å². The predicted molar refractivity (Wildman–Crippen MR) is 126 cm³/mol. The molecule has 1 heterocycles. The Kier molecular flexibility index (Phi) is 5.69. The van der Waals surface area contributed by atoms with E-state index in [-0.39, 0.29) is 11.4 Å². The molecule has 6 nitrogen and oxygen atoms in total. The van der Waals surface area contributed by atoms with Crippen LogP contribution < -0.4 is 14.4 Å². The molecule has 0 fully saturated rings. The average molecular weight is 451 g/mol. The summed E-state index contributed by atoms with van der Waals surface area (Å²) < 4.78 is 34.3. The second-order valence-electron chi connectivity index (χ2n) is 8.23. The Morgan fingerprint density at radius 3 is 2.25 bits per heavy atom. The molecule has 0 aromatic heterocycles. The third-order valence-corrected chi connectivity index (χ3v) is 7.33. The van der Waals surface area contributed by atoms with Crippen LogP contribution in [-0.4, -0.2) is 27.0 Å². The van der Waals surface area contributed by atoms with Crippen molar-refractivity contribution in [2.24, 2.45) is 0 Å². The van der Waals surface area contributed by atoms with Crippen molar-refractivity contribution in [3.63, 3.8) is 0 Å². The Labute approximate surface area is 188 Å². The van der Waals surface area contributed by atoms with Crippen LogP contribution in [0.2, 0.25) is 0 Å². The lowest BCUT2D eigenvalue weighted by molar-refractivity contribution is -0.122. The van der Waals surface area contributed by atoms with E-state index in [0.29, 0.717) is 17.1 Å². The fraction of sp³-hybridized carbons (Fsp3) is 0.240. The number of hydrogen-bond acceptors (Lipinski definition) is 4. The standard InChI is InChI=1S/C25H26N2O4S/c1-16-6-10-20(11-7-16)32(29,30)27-15-24(31-23-14-18(3)8-12-22(23)27)25(28)26-21-13-17(2)5-9-19(21)4/h5-14,24H,15H2,1-4H3,(H,26,28)/t24-/m0/s1. The number of anilines is 2. The molecule has 3 aromatic rings. The van der Waals surface area contributed by atoms with E-state index >= 15 is 0 Å². The van der Waals surface area contributed by atoms with Crippen molar-refractivity contribution < 1.29 is 17.9 Å². The maximum Gasteiger partial charge on any atom is 0.267 e. The summed E-state index contributed by atoms with van der Waals surface area (Å²) in [5.74, 6) is -0.0250. The summed E-state index contributed by atoms with van der Waals surface area (Å²) in [5.41, 5.74) is 4.91. The number of fused-ring (bicyclic) bond motifs is 1.